The SMILES string of the molecule is NC(CN1CCN(C(=O)C2CCSC2)CC1)=NO. The Morgan fingerprint density at radius 1 is 1.39 bits per heavy atom. The molecule has 18 heavy (non-hydrogen) atoms. The van der Waals surface area contributed by atoms with Crippen molar-refractivity contribution in [3.05, 3.63) is 0 Å². The van der Waals surface area contributed by atoms with Crippen LogP contribution in [0, 0.1) is 5.92 Å². The third-order valence-corrected chi connectivity index (χ3v) is 4.64. The Kier molecular flexibility index (Phi) is 4.71. The van der Waals surface area contributed by atoms with Gasteiger partial charge in [-0.25, -0.2) is 0 Å². The lowest BCUT2D eigenvalue weighted by molar-refractivity contribution is -0.136. The van der Waals surface area contributed by atoms with Crippen molar-refractivity contribution in [3.8, 4) is 0 Å². The second-order valence-electron chi connectivity index (χ2n) is 4.75. The highest BCUT2D eigenvalue weighted by Gasteiger charge is 2.29. The van der Waals surface area contributed by atoms with Gasteiger partial charge in [0.1, 0.15) is 0 Å². The molecule has 6 nitrogen and oxygen atoms in total. The zero-order chi connectivity index (χ0) is 13.0. The maximum absolute atomic E-state index is 12.2. The van der Waals surface area contributed by atoms with E-state index in [2.05, 4.69) is 10.1 Å². The summed E-state index contributed by atoms with van der Waals surface area (Å²) in [7, 11) is 0. The van der Waals surface area contributed by atoms with E-state index in [4.69, 9.17) is 10.9 Å². The Morgan fingerprint density at radius 2 is 2.11 bits per heavy atom. The summed E-state index contributed by atoms with van der Waals surface area (Å²) < 4.78 is 0. The highest BCUT2D eigenvalue weighted by molar-refractivity contribution is 7.99. The summed E-state index contributed by atoms with van der Waals surface area (Å²) in [5.41, 5.74) is 5.47. The molecule has 2 aliphatic heterocycles. The molecule has 2 saturated heterocycles. The van der Waals surface area contributed by atoms with E-state index in [-0.39, 0.29) is 11.8 Å². The first-order valence-corrected chi connectivity index (χ1v) is 7.41. The van der Waals surface area contributed by atoms with Crippen LogP contribution in [-0.2, 0) is 4.79 Å². The van der Waals surface area contributed by atoms with Crippen LogP contribution in [0.3, 0.4) is 0 Å². The van der Waals surface area contributed by atoms with E-state index in [0.717, 1.165) is 44.1 Å². The second kappa shape index (κ2) is 6.29. The number of piperazine rings is 1. The molecular formula is C11H20N4O2S. The van der Waals surface area contributed by atoms with Crippen LogP contribution in [0.5, 0.6) is 0 Å². The molecule has 0 aromatic rings. The second-order valence-corrected chi connectivity index (χ2v) is 5.90. The number of hydrogen-bond acceptors (Lipinski definition) is 5. The number of amides is 1. The van der Waals surface area contributed by atoms with Crippen LogP contribution in [-0.4, -0.2) is 71.0 Å². The summed E-state index contributed by atoms with van der Waals surface area (Å²) in [6.07, 6.45) is 1.02. The third kappa shape index (κ3) is 3.29. The highest BCUT2D eigenvalue weighted by Crippen LogP contribution is 2.25. The minimum absolute atomic E-state index is 0.224. The Balaban J connectivity index is 1.77. The van der Waals surface area contributed by atoms with Crippen LogP contribution in [0.1, 0.15) is 6.42 Å². The minimum atomic E-state index is 0.224. The van der Waals surface area contributed by atoms with Crippen LogP contribution in [0.2, 0.25) is 0 Å². The van der Waals surface area contributed by atoms with Crippen molar-refractivity contribution in [2.75, 3.05) is 44.2 Å². The van der Waals surface area contributed by atoms with Gasteiger partial charge in [0.05, 0.1) is 6.54 Å². The average Bonchev–Trinajstić information content (AvgIpc) is 2.92. The van der Waals surface area contributed by atoms with Crippen molar-refractivity contribution in [1.29, 1.82) is 0 Å². The zero-order valence-electron chi connectivity index (χ0n) is 10.4. The molecule has 7 heteroatoms. The molecular weight excluding hydrogens is 252 g/mol. The van der Waals surface area contributed by atoms with Gasteiger partial charge in [-0.05, 0) is 12.2 Å². The predicted octanol–water partition coefficient (Wildman–Crippen LogP) is -0.370. The lowest BCUT2D eigenvalue weighted by Gasteiger charge is -2.35. The molecule has 2 rings (SSSR count). The monoisotopic (exact) mass is 272 g/mol. The van der Waals surface area contributed by atoms with Gasteiger partial charge in [-0.15, -0.1) is 0 Å². The number of nitrogens with zero attached hydrogens (tertiary/aromatic N) is 3. The van der Waals surface area contributed by atoms with Gasteiger partial charge in [0.2, 0.25) is 5.91 Å². The molecule has 1 amide bonds. The summed E-state index contributed by atoms with van der Waals surface area (Å²) in [5, 5.41) is 11.5. The standard InChI is InChI=1S/C11H20N4O2S/c12-10(13-17)7-14-2-4-15(5-3-14)11(16)9-1-6-18-8-9/h9,17H,1-8H2,(H2,12,13). The van der Waals surface area contributed by atoms with Gasteiger partial charge in [-0.2, -0.15) is 11.8 Å². The number of nitrogens with two attached hydrogens (primary N) is 1. The fourth-order valence-electron chi connectivity index (χ4n) is 2.37. The molecule has 0 aromatic carbocycles. The number of carbonyl (C=O) groups is 1. The summed E-state index contributed by atoms with van der Waals surface area (Å²) >= 11 is 1.87. The van der Waals surface area contributed by atoms with E-state index in [9.17, 15) is 4.79 Å². The first-order valence-electron chi connectivity index (χ1n) is 6.26. The summed E-state index contributed by atoms with van der Waals surface area (Å²) in [6, 6.07) is 0. The summed E-state index contributed by atoms with van der Waals surface area (Å²) in [4.78, 5) is 16.2. The van der Waals surface area contributed by atoms with E-state index in [1.165, 1.54) is 0 Å². The smallest absolute Gasteiger partial charge is 0.226 e. The molecule has 0 spiro atoms. The summed E-state index contributed by atoms with van der Waals surface area (Å²) in [5.74, 6) is 2.85. The lowest BCUT2D eigenvalue weighted by Crippen LogP contribution is -2.52. The molecule has 2 fully saturated rings. The van der Waals surface area contributed by atoms with Gasteiger partial charge in [0, 0.05) is 37.8 Å². The van der Waals surface area contributed by atoms with E-state index in [0.29, 0.717) is 12.5 Å². The lowest BCUT2D eigenvalue weighted by atomic mass is 10.1. The molecule has 2 aliphatic rings. The first-order chi connectivity index (χ1) is 8.70. The van der Waals surface area contributed by atoms with Crippen LogP contribution in [0.4, 0.5) is 0 Å². The van der Waals surface area contributed by atoms with Gasteiger partial charge in [0.15, 0.2) is 5.84 Å². The summed E-state index contributed by atoms with van der Waals surface area (Å²) in [6.45, 7) is 3.55. The first kappa shape index (κ1) is 13.5. The molecule has 1 unspecified atom stereocenters. The number of oxime groups is 1. The van der Waals surface area contributed by atoms with Crippen molar-refractivity contribution in [1.82, 2.24) is 9.80 Å². The Bertz CT molecular complexity index is 323. The molecule has 0 bridgehead atoms. The largest absolute Gasteiger partial charge is 0.409 e. The van der Waals surface area contributed by atoms with Gasteiger partial charge in [-0.1, -0.05) is 5.16 Å². The Hall–Kier alpha value is -0.950. The topological polar surface area (TPSA) is 82.2 Å². The van der Waals surface area contributed by atoms with Crippen molar-refractivity contribution >= 4 is 23.5 Å². The molecule has 102 valence electrons. The van der Waals surface area contributed by atoms with Gasteiger partial charge in [-0.3, -0.25) is 9.69 Å². The maximum atomic E-state index is 12.2. The molecule has 1 atom stereocenters. The molecule has 0 saturated carbocycles. The van der Waals surface area contributed by atoms with Crippen LogP contribution in [0.15, 0.2) is 5.16 Å². The van der Waals surface area contributed by atoms with Crippen LogP contribution in [0.25, 0.3) is 0 Å². The zero-order valence-corrected chi connectivity index (χ0v) is 11.2. The Morgan fingerprint density at radius 3 is 2.67 bits per heavy atom. The quantitative estimate of drug-likeness (QED) is 0.317. The average molecular weight is 272 g/mol. The van der Waals surface area contributed by atoms with Gasteiger partial charge < -0.3 is 15.8 Å². The number of hydrogen-bond donors (Lipinski definition) is 2. The highest BCUT2D eigenvalue weighted by atomic mass is 32.2. The van der Waals surface area contributed by atoms with Gasteiger partial charge >= 0.3 is 0 Å². The fraction of sp³-hybridized carbons (Fsp3) is 0.818. The van der Waals surface area contributed by atoms with Crippen molar-refractivity contribution < 1.29 is 10.0 Å². The van der Waals surface area contributed by atoms with Gasteiger partial charge in [0.25, 0.3) is 0 Å². The minimum Gasteiger partial charge on any atom is -0.409 e. The van der Waals surface area contributed by atoms with E-state index >= 15 is 0 Å². The van der Waals surface area contributed by atoms with Crippen LogP contribution < -0.4 is 5.73 Å². The predicted molar refractivity (Wildman–Crippen MR) is 71.9 cm³/mol. The van der Waals surface area contributed by atoms with E-state index in [1.807, 2.05) is 16.7 Å². The molecule has 3 N–H and O–H groups in total. The Labute approximate surface area is 111 Å². The molecule has 0 radical (unpaired) electrons. The number of carbonyl (C=O) groups excluding carboxylic acids is 1. The van der Waals surface area contributed by atoms with E-state index < -0.39 is 0 Å². The normalized spacial score (nSPS) is 26.6. The third-order valence-electron chi connectivity index (χ3n) is 3.48. The molecule has 2 heterocycles. The van der Waals surface area contributed by atoms with Crippen LogP contribution >= 0.6 is 11.8 Å². The number of amidine groups is 1. The number of rotatable bonds is 3. The van der Waals surface area contributed by atoms with E-state index in [1.54, 1.807) is 0 Å². The van der Waals surface area contributed by atoms with Crippen molar-refractivity contribution in [3.63, 3.8) is 0 Å². The van der Waals surface area contributed by atoms with Crippen molar-refractivity contribution in [2.24, 2.45) is 16.8 Å². The fourth-order valence-corrected chi connectivity index (χ4v) is 3.59. The molecule has 0 aromatic heterocycles. The number of thioether (sulfide) groups is 1. The van der Waals surface area contributed by atoms with Crippen molar-refractivity contribution in [2.45, 2.75) is 6.42 Å². The molecule has 0 aliphatic carbocycles. The maximum Gasteiger partial charge on any atom is 0.226 e.